The lowest BCUT2D eigenvalue weighted by molar-refractivity contribution is -0.115. The Morgan fingerprint density at radius 2 is 1.84 bits per heavy atom. The first kappa shape index (κ1) is 23.6. The molecule has 0 aliphatic rings. The Bertz CT molecular complexity index is 1180. The van der Waals surface area contributed by atoms with Crippen molar-refractivity contribution < 1.29 is 13.2 Å². The number of sulfone groups is 1. The molecule has 0 aliphatic carbocycles. The Morgan fingerprint density at radius 3 is 2.48 bits per heavy atom. The van der Waals surface area contributed by atoms with Gasteiger partial charge < -0.3 is 9.88 Å². The normalized spacial score (nSPS) is 12.5. The lowest BCUT2D eigenvalue weighted by atomic mass is 10.2. The molecule has 0 radical (unpaired) electrons. The molecular formula is C20H20Cl2N4O3S2. The number of hydrogen-bond acceptors (Lipinski definition) is 6. The summed E-state index contributed by atoms with van der Waals surface area (Å²) in [7, 11) is -1.87. The molecule has 0 bridgehead atoms. The minimum atomic E-state index is -3.56. The molecule has 2 aromatic carbocycles. The second-order valence-electron chi connectivity index (χ2n) is 6.66. The molecule has 1 aromatic heterocycles. The van der Waals surface area contributed by atoms with Crippen LogP contribution in [0.5, 0.6) is 0 Å². The molecule has 31 heavy (non-hydrogen) atoms. The number of carbonyl (C=O) groups excluding carboxylic acids is 1. The first-order chi connectivity index (χ1) is 14.7. The Morgan fingerprint density at radius 1 is 1.13 bits per heavy atom. The van der Waals surface area contributed by atoms with Crippen molar-refractivity contribution in [2.45, 2.75) is 34.4 Å². The van der Waals surface area contributed by atoms with Crippen LogP contribution in [-0.2, 0) is 27.4 Å². The number of rotatable bonds is 8. The van der Waals surface area contributed by atoms with Crippen LogP contribution in [0, 0.1) is 0 Å². The van der Waals surface area contributed by atoms with E-state index >= 15 is 0 Å². The largest absolute Gasteiger partial charge is 0.325 e. The lowest BCUT2D eigenvalue weighted by Gasteiger charge is -2.14. The number of benzene rings is 2. The van der Waals surface area contributed by atoms with Crippen LogP contribution in [-0.4, -0.2) is 34.3 Å². The molecular weight excluding hydrogens is 479 g/mol. The van der Waals surface area contributed by atoms with Crippen molar-refractivity contribution >= 4 is 56.4 Å². The molecule has 0 spiro atoms. The quantitative estimate of drug-likeness (QED) is 0.455. The minimum absolute atomic E-state index is 0.222. The molecule has 1 heterocycles. The Kier molecular flexibility index (Phi) is 7.64. The maximum atomic E-state index is 12.7. The minimum Gasteiger partial charge on any atom is -0.325 e. The molecule has 0 saturated heterocycles. The van der Waals surface area contributed by atoms with Crippen LogP contribution in [0.2, 0.25) is 10.0 Å². The number of anilines is 1. The molecule has 3 rings (SSSR count). The average Bonchev–Trinajstić information content (AvgIpc) is 3.08. The van der Waals surface area contributed by atoms with Gasteiger partial charge in [0.25, 0.3) is 0 Å². The van der Waals surface area contributed by atoms with Gasteiger partial charge in [0.2, 0.25) is 5.91 Å². The Labute approximate surface area is 195 Å². The number of aromatic nitrogens is 3. The third kappa shape index (κ3) is 5.79. The van der Waals surface area contributed by atoms with Gasteiger partial charge in [0.15, 0.2) is 15.0 Å². The highest BCUT2D eigenvalue weighted by molar-refractivity contribution is 8.00. The summed E-state index contributed by atoms with van der Waals surface area (Å²) in [6.07, 6.45) is 0.530. The number of amides is 1. The van der Waals surface area contributed by atoms with E-state index in [4.69, 9.17) is 23.2 Å². The van der Waals surface area contributed by atoms with Gasteiger partial charge in [-0.2, -0.15) is 0 Å². The number of halogens is 2. The van der Waals surface area contributed by atoms with Crippen LogP contribution >= 0.6 is 35.0 Å². The third-order valence-corrected chi connectivity index (χ3v) is 8.21. The van der Waals surface area contributed by atoms with E-state index in [9.17, 15) is 13.2 Å². The second kappa shape index (κ2) is 10.0. The molecule has 1 atom stereocenters. The summed E-state index contributed by atoms with van der Waals surface area (Å²) < 4.78 is 26.9. The standard InChI is InChI=1S/C20H20Cl2N4O3S2/c1-3-17(19(27)23-13-9-10-15(21)16(22)11-13)30-20-25-24-18(26(20)2)12-31(28,29)14-7-5-4-6-8-14/h4-11,17H,3,12H2,1-2H3,(H,23,27). The topological polar surface area (TPSA) is 93.9 Å². The maximum absolute atomic E-state index is 12.7. The molecule has 1 N–H and O–H groups in total. The van der Waals surface area contributed by atoms with Crippen LogP contribution < -0.4 is 5.32 Å². The van der Waals surface area contributed by atoms with Crippen molar-refractivity contribution in [2.24, 2.45) is 7.05 Å². The third-order valence-electron chi connectivity index (χ3n) is 4.44. The van der Waals surface area contributed by atoms with E-state index in [-0.39, 0.29) is 16.6 Å². The van der Waals surface area contributed by atoms with Crippen molar-refractivity contribution in [3.05, 3.63) is 64.4 Å². The fourth-order valence-electron chi connectivity index (χ4n) is 2.70. The predicted octanol–water partition coefficient (Wildman–Crippen LogP) is 4.61. The summed E-state index contributed by atoms with van der Waals surface area (Å²) in [5.74, 6) is -0.216. The van der Waals surface area contributed by atoms with Crippen LogP contribution in [0.1, 0.15) is 19.2 Å². The fraction of sp³-hybridized carbons (Fsp3) is 0.250. The summed E-state index contributed by atoms with van der Waals surface area (Å²) >= 11 is 13.1. The van der Waals surface area contributed by atoms with Gasteiger partial charge >= 0.3 is 0 Å². The Hall–Kier alpha value is -2.07. The fourth-order valence-corrected chi connectivity index (χ4v) is 5.27. The molecule has 1 amide bonds. The SMILES string of the molecule is CCC(Sc1nnc(CS(=O)(=O)c2ccccc2)n1C)C(=O)Nc1ccc(Cl)c(Cl)c1. The van der Waals surface area contributed by atoms with E-state index in [1.165, 1.54) is 11.8 Å². The van der Waals surface area contributed by atoms with E-state index < -0.39 is 15.1 Å². The zero-order valence-electron chi connectivity index (χ0n) is 16.7. The van der Waals surface area contributed by atoms with E-state index in [0.29, 0.717) is 33.1 Å². The van der Waals surface area contributed by atoms with Crippen LogP contribution in [0.4, 0.5) is 5.69 Å². The average molecular weight is 499 g/mol. The molecule has 164 valence electrons. The van der Waals surface area contributed by atoms with Gasteiger partial charge in [0, 0.05) is 12.7 Å². The summed E-state index contributed by atoms with van der Waals surface area (Å²) in [4.78, 5) is 12.9. The number of carbonyl (C=O) groups is 1. The number of hydrogen-bond donors (Lipinski definition) is 1. The molecule has 0 saturated carbocycles. The van der Waals surface area contributed by atoms with Gasteiger partial charge in [0.1, 0.15) is 11.6 Å². The van der Waals surface area contributed by atoms with E-state index in [2.05, 4.69) is 15.5 Å². The van der Waals surface area contributed by atoms with Gasteiger partial charge in [-0.15, -0.1) is 10.2 Å². The maximum Gasteiger partial charge on any atom is 0.237 e. The highest BCUT2D eigenvalue weighted by Gasteiger charge is 2.24. The number of thioether (sulfide) groups is 1. The zero-order valence-corrected chi connectivity index (χ0v) is 19.9. The summed E-state index contributed by atoms with van der Waals surface area (Å²) in [6.45, 7) is 1.88. The molecule has 3 aromatic rings. The van der Waals surface area contributed by atoms with Crippen LogP contribution in [0.15, 0.2) is 58.6 Å². The van der Waals surface area contributed by atoms with Crippen molar-refractivity contribution in [3.63, 3.8) is 0 Å². The molecule has 0 aliphatic heterocycles. The highest BCUT2D eigenvalue weighted by Crippen LogP contribution is 2.28. The van der Waals surface area contributed by atoms with E-state index in [1.54, 1.807) is 60.1 Å². The summed E-state index contributed by atoms with van der Waals surface area (Å²) in [6, 6.07) is 13.0. The van der Waals surface area contributed by atoms with Gasteiger partial charge in [-0.1, -0.05) is 60.1 Å². The monoisotopic (exact) mass is 498 g/mol. The van der Waals surface area contributed by atoms with Crippen molar-refractivity contribution in [2.75, 3.05) is 5.32 Å². The molecule has 7 nitrogen and oxygen atoms in total. The van der Waals surface area contributed by atoms with E-state index in [0.717, 1.165) is 0 Å². The smallest absolute Gasteiger partial charge is 0.237 e. The van der Waals surface area contributed by atoms with Crippen LogP contribution in [0.25, 0.3) is 0 Å². The number of nitrogens with one attached hydrogen (secondary N) is 1. The van der Waals surface area contributed by atoms with Gasteiger partial charge in [-0.3, -0.25) is 4.79 Å². The number of nitrogens with zero attached hydrogens (tertiary/aromatic N) is 3. The van der Waals surface area contributed by atoms with E-state index in [1.807, 2.05) is 6.92 Å². The second-order valence-corrected chi connectivity index (χ2v) is 10.6. The molecule has 11 heteroatoms. The summed E-state index contributed by atoms with van der Waals surface area (Å²) in [5, 5.41) is 11.7. The lowest BCUT2D eigenvalue weighted by Crippen LogP contribution is -2.25. The first-order valence-corrected chi connectivity index (χ1v) is 12.6. The Balaban J connectivity index is 1.72. The molecule has 0 fully saturated rings. The van der Waals surface area contributed by atoms with Crippen LogP contribution in [0.3, 0.4) is 0 Å². The molecule has 1 unspecified atom stereocenters. The highest BCUT2D eigenvalue weighted by atomic mass is 35.5. The first-order valence-electron chi connectivity index (χ1n) is 9.30. The van der Waals surface area contributed by atoms with Gasteiger partial charge in [-0.25, -0.2) is 8.42 Å². The van der Waals surface area contributed by atoms with Gasteiger partial charge in [-0.05, 0) is 36.8 Å². The summed E-state index contributed by atoms with van der Waals surface area (Å²) in [5.41, 5.74) is 0.533. The predicted molar refractivity (Wildman–Crippen MR) is 123 cm³/mol. The van der Waals surface area contributed by atoms with Gasteiger partial charge in [0.05, 0.1) is 20.2 Å². The zero-order chi connectivity index (χ0) is 22.6. The van der Waals surface area contributed by atoms with Crippen molar-refractivity contribution in [3.8, 4) is 0 Å². The van der Waals surface area contributed by atoms with Crippen molar-refractivity contribution in [1.29, 1.82) is 0 Å². The van der Waals surface area contributed by atoms with Crippen molar-refractivity contribution in [1.82, 2.24) is 14.8 Å².